The summed E-state index contributed by atoms with van der Waals surface area (Å²) in [5.41, 5.74) is 12.1. The second-order valence-corrected chi connectivity index (χ2v) is 13.6. The number of carbonyl (C=O) groups excluding carboxylic acids is 1. The van der Waals surface area contributed by atoms with Gasteiger partial charge in [-0.1, -0.05) is 18.2 Å². The van der Waals surface area contributed by atoms with Crippen molar-refractivity contribution in [1.29, 1.82) is 0 Å². The fourth-order valence-corrected chi connectivity index (χ4v) is 7.75. The molecular weight excluding hydrogens is 659 g/mol. The Morgan fingerprint density at radius 2 is 1.67 bits per heavy atom. The molecule has 1 aromatic carbocycles. The molecular formula is C23H26FN9O11P2. The number of fused-ring (bicyclic) bond motifs is 4. The van der Waals surface area contributed by atoms with E-state index in [0.717, 1.165) is 4.68 Å². The van der Waals surface area contributed by atoms with Crippen molar-refractivity contribution < 1.29 is 55.7 Å². The number of benzene rings is 1. The lowest BCUT2D eigenvalue weighted by atomic mass is 10.0. The molecule has 2 unspecified atom stereocenters. The van der Waals surface area contributed by atoms with Crippen LogP contribution in [0.15, 0.2) is 30.9 Å². The predicted octanol–water partition coefficient (Wildman–Crippen LogP) is 0.739. The third kappa shape index (κ3) is 5.37. The lowest BCUT2D eigenvalue weighted by molar-refractivity contribution is -0.0678. The molecule has 6 heterocycles. The van der Waals surface area contributed by atoms with Gasteiger partial charge in [0.25, 0.3) is 5.91 Å². The summed E-state index contributed by atoms with van der Waals surface area (Å²) in [6, 6.07) is 4.34. The van der Waals surface area contributed by atoms with Crippen molar-refractivity contribution in [3.05, 3.63) is 36.4 Å². The first-order valence-electron chi connectivity index (χ1n) is 13.7. The quantitative estimate of drug-likeness (QED) is 0.216. The third-order valence-corrected chi connectivity index (χ3v) is 9.87. The highest BCUT2D eigenvalue weighted by molar-refractivity contribution is 7.47. The number of amides is 1. The van der Waals surface area contributed by atoms with E-state index in [1.807, 2.05) is 0 Å². The summed E-state index contributed by atoms with van der Waals surface area (Å²) in [7, 11) is -9.97. The van der Waals surface area contributed by atoms with Crippen LogP contribution < -0.4 is 11.5 Å². The van der Waals surface area contributed by atoms with Crippen molar-refractivity contribution in [3.8, 4) is 0 Å². The SMILES string of the molecule is C[C@@H]1[C@@H]2OP(=O)(O)OC[C@H]3O[C@@H](n4nnc5c(C(N)=O)cccc54)[C@H](F)[C@@H]3OP(=O)(O)OC[C@H]2O[C@H]1n1cnc2c(N)ncnc21. The molecule has 3 saturated heterocycles. The smallest absolute Gasteiger partial charge is 0.382 e. The Morgan fingerprint density at radius 3 is 2.39 bits per heavy atom. The Labute approximate surface area is 256 Å². The van der Waals surface area contributed by atoms with Gasteiger partial charge in [0.2, 0.25) is 0 Å². The van der Waals surface area contributed by atoms with Gasteiger partial charge >= 0.3 is 15.6 Å². The van der Waals surface area contributed by atoms with Gasteiger partial charge in [-0.3, -0.25) is 27.5 Å². The third-order valence-electron chi connectivity index (χ3n) is 7.90. The molecule has 20 nitrogen and oxygen atoms in total. The second kappa shape index (κ2) is 11.3. The number of nitrogens with zero attached hydrogens (tertiary/aromatic N) is 7. The average Bonchev–Trinajstić information content (AvgIpc) is 3.76. The van der Waals surface area contributed by atoms with E-state index in [2.05, 4.69) is 25.3 Å². The minimum atomic E-state index is -5.05. The number of hydrogen-bond donors (Lipinski definition) is 4. The number of hydrogen-bond acceptors (Lipinski definition) is 15. The molecule has 3 aromatic heterocycles. The van der Waals surface area contributed by atoms with Gasteiger partial charge in [-0.05, 0) is 12.1 Å². The maximum Gasteiger partial charge on any atom is 0.472 e. The number of imidazole rings is 1. The van der Waals surface area contributed by atoms with Crippen molar-refractivity contribution in [2.24, 2.45) is 11.7 Å². The fourth-order valence-electron chi connectivity index (χ4n) is 5.76. The van der Waals surface area contributed by atoms with Crippen LogP contribution in [-0.2, 0) is 36.7 Å². The molecule has 0 saturated carbocycles. The van der Waals surface area contributed by atoms with Crippen molar-refractivity contribution in [1.82, 2.24) is 34.5 Å². The van der Waals surface area contributed by atoms with Crippen LogP contribution >= 0.6 is 15.6 Å². The molecule has 6 N–H and O–H groups in total. The zero-order valence-corrected chi connectivity index (χ0v) is 25.3. The summed E-state index contributed by atoms with van der Waals surface area (Å²) in [6.45, 7) is 0.116. The van der Waals surface area contributed by atoms with Crippen LogP contribution in [0, 0.1) is 5.92 Å². The average molecular weight is 685 g/mol. The molecule has 1 amide bonds. The Bertz CT molecular complexity index is 1930. The van der Waals surface area contributed by atoms with Crippen LogP contribution in [0.3, 0.4) is 0 Å². The number of rotatable bonds is 3. The first-order chi connectivity index (χ1) is 21.8. The predicted molar refractivity (Wildman–Crippen MR) is 149 cm³/mol. The van der Waals surface area contributed by atoms with Gasteiger partial charge < -0.3 is 30.7 Å². The van der Waals surface area contributed by atoms with Gasteiger partial charge in [0.15, 0.2) is 23.9 Å². The minimum Gasteiger partial charge on any atom is -0.382 e. The van der Waals surface area contributed by atoms with Crippen molar-refractivity contribution in [2.75, 3.05) is 18.9 Å². The zero-order chi connectivity index (χ0) is 32.5. The van der Waals surface area contributed by atoms with Gasteiger partial charge in [-0.15, -0.1) is 5.10 Å². The Balaban J connectivity index is 1.16. The molecule has 0 bridgehead atoms. The number of carbonyl (C=O) groups is 1. The Hall–Kier alpha value is -3.49. The van der Waals surface area contributed by atoms with Crippen molar-refractivity contribution in [2.45, 2.75) is 50.0 Å². The van der Waals surface area contributed by atoms with E-state index in [0.29, 0.717) is 5.65 Å². The molecule has 3 aliphatic heterocycles. The molecule has 0 aliphatic carbocycles. The molecule has 23 heteroatoms. The number of aromatic nitrogens is 7. The van der Waals surface area contributed by atoms with E-state index in [4.69, 9.17) is 39.0 Å². The lowest BCUT2D eigenvalue weighted by Gasteiger charge is -2.28. The molecule has 4 aromatic rings. The molecule has 10 atom stereocenters. The number of nitrogen functional groups attached to an aromatic ring is 1. The van der Waals surface area contributed by atoms with Gasteiger partial charge in [0, 0.05) is 5.92 Å². The van der Waals surface area contributed by atoms with Gasteiger partial charge in [0.05, 0.1) is 30.6 Å². The molecule has 246 valence electrons. The van der Waals surface area contributed by atoms with Crippen LogP contribution in [0.4, 0.5) is 10.2 Å². The maximum atomic E-state index is 16.0. The number of ether oxygens (including phenoxy) is 2. The monoisotopic (exact) mass is 685 g/mol. The van der Waals surface area contributed by atoms with E-state index in [1.54, 1.807) is 6.92 Å². The Kier molecular flexibility index (Phi) is 7.67. The number of anilines is 1. The fraction of sp³-hybridized carbons (Fsp3) is 0.478. The number of primary amides is 1. The summed E-state index contributed by atoms with van der Waals surface area (Å²) in [5.74, 6) is -1.40. The summed E-state index contributed by atoms with van der Waals surface area (Å²) < 4.78 is 77.7. The molecule has 46 heavy (non-hydrogen) atoms. The highest BCUT2D eigenvalue weighted by Gasteiger charge is 2.54. The number of nitrogens with two attached hydrogens (primary N) is 2. The van der Waals surface area contributed by atoms with Gasteiger partial charge in [-0.2, -0.15) is 0 Å². The first-order valence-corrected chi connectivity index (χ1v) is 16.7. The highest BCUT2D eigenvalue weighted by Crippen LogP contribution is 2.55. The van der Waals surface area contributed by atoms with Crippen LogP contribution in [-0.4, -0.2) is 94.0 Å². The number of phosphoric ester groups is 2. The summed E-state index contributed by atoms with van der Waals surface area (Å²) in [5, 5.41) is 7.77. The standard InChI is InChI=1S/C23H26FN9O11P2/c1-9-17-12(41-22(9)32-8-29-16-19(25)27-7-28-21(16)32)5-39-46(37,38)44-18-13(6-40-45(35,36)43-17)42-23(14(18)24)33-11-4-2-3-10(20(26)34)15(11)30-31-33/h2-4,7-9,12-14,17-18,22-23H,5-6H2,1H3,(H2,26,34)(H,35,36)(H,37,38)(H2,25,27,28)/t9-,12-,13-,14-,17+,18-,22-,23-/m1/s1. The normalized spacial score (nSPS) is 37.0. The minimum absolute atomic E-state index is 0.0118. The van der Waals surface area contributed by atoms with E-state index in [9.17, 15) is 23.7 Å². The molecule has 7 rings (SSSR count). The van der Waals surface area contributed by atoms with E-state index in [1.165, 1.54) is 35.4 Å². The molecule has 3 fully saturated rings. The van der Waals surface area contributed by atoms with Crippen LogP contribution in [0.1, 0.15) is 29.7 Å². The topological polar surface area (TPSA) is 273 Å². The first kappa shape index (κ1) is 31.1. The van der Waals surface area contributed by atoms with Crippen molar-refractivity contribution >= 4 is 49.6 Å². The summed E-state index contributed by atoms with van der Waals surface area (Å²) in [6.07, 6.45) is -8.05. The van der Waals surface area contributed by atoms with Gasteiger partial charge in [-0.25, -0.2) is 33.2 Å². The number of phosphoric acid groups is 2. The highest BCUT2D eigenvalue weighted by atomic mass is 31.2. The maximum absolute atomic E-state index is 16.0. The van der Waals surface area contributed by atoms with Crippen LogP contribution in [0.5, 0.6) is 0 Å². The van der Waals surface area contributed by atoms with Crippen LogP contribution in [0.2, 0.25) is 0 Å². The van der Waals surface area contributed by atoms with Crippen LogP contribution in [0.25, 0.3) is 22.2 Å². The number of alkyl halides is 1. The van der Waals surface area contributed by atoms with E-state index >= 15 is 4.39 Å². The largest absolute Gasteiger partial charge is 0.472 e. The zero-order valence-electron chi connectivity index (χ0n) is 23.5. The summed E-state index contributed by atoms with van der Waals surface area (Å²) in [4.78, 5) is 45.4. The van der Waals surface area contributed by atoms with Crippen molar-refractivity contribution in [3.63, 3.8) is 0 Å². The number of halogens is 1. The van der Waals surface area contributed by atoms with E-state index < -0.39 is 83.7 Å². The molecule has 0 radical (unpaired) electrons. The second-order valence-electron chi connectivity index (χ2n) is 10.8. The molecule has 3 aliphatic rings. The van der Waals surface area contributed by atoms with E-state index in [-0.39, 0.29) is 27.9 Å². The van der Waals surface area contributed by atoms with Gasteiger partial charge in [0.1, 0.15) is 48.0 Å². The Morgan fingerprint density at radius 1 is 1.00 bits per heavy atom. The molecule has 0 spiro atoms. The summed E-state index contributed by atoms with van der Waals surface area (Å²) >= 11 is 0. The lowest BCUT2D eigenvalue weighted by Crippen LogP contribution is -2.36.